The van der Waals surface area contributed by atoms with Crippen LogP contribution in [0.5, 0.6) is 0 Å². The molecule has 4 nitrogen and oxygen atoms in total. The lowest BCUT2D eigenvalue weighted by Gasteiger charge is -2.16. The van der Waals surface area contributed by atoms with Crippen LogP contribution in [-0.2, 0) is 0 Å². The van der Waals surface area contributed by atoms with Gasteiger partial charge < -0.3 is 10.0 Å². The maximum absolute atomic E-state index is 12.2. The van der Waals surface area contributed by atoms with Crippen LogP contribution in [0.3, 0.4) is 0 Å². The van der Waals surface area contributed by atoms with Gasteiger partial charge >= 0.3 is 0 Å². The van der Waals surface area contributed by atoms with Crippen molar-refractivity contribution in [3.05, 3.63) is 29.6 Å². The van der Waals surface area contributed by atoms with Gasteiger partial charge in [-0.2, -0.15) is 0 Å². The van der Waals surface area contributed by atoms with E-state index >= 15 is 0 Å². The van der Waals surface area contributed by atoms with E-state index in [1.807, 2.05) is 7.05 Å². The number of aliphatic hydroxyl groups excluding tert-OH is 1. The third-order valence-electron chi connectivity index (χ3n) is 3.43. The predicted molar refractivity (Wildman–Crippen MR) is 72.4 cm³/mol. The van der Waals surface area contributed by atoms with Crippen LogP contribution in [0.2, 0.25) is 0 Å². The lowest BCUT2D eigenvalue weighted by Crippen LogP contribution is -2.29. The van der Waals surface area contributed by atoms with E-state index in [1.54, 1.807) is 23.4 Å². The number of hydrogen-bond donors (Lipinski definition) is 1. The van der Waals surface area contributed by atoms with Crippen molar-refractivity contribution in [1.29, 1.82) is 0 Å². The van der Waals surface area contributed by atoms with Crippen molar-refractivity contribution in [2.45, 2.75) is 13.3 Å². The number of rotatable bonds is 3. The molecule has 1 N–H and O–H groups in total. The van der Waals surface area contributed by atoms with E-state index in [0.717, 1.165) is 12.5 Å². The standard InChI is InChI=1S/C15H18N2O2/c1-11-6-14(11)10-17(2)15(19)13-7-12(4-3-5-18)8-16-9-13/h7-9,11,14,18H,5-6,10H2,1-2H3. The van der Waals surface area contributed by atoms with Gasteiger partial charge in [0.25, 0.3) is 5.91 Å². The van der Waals surface area contributed by atoms with Crippen molar-refractivity contribution < 1.29 is 9.90 Å². The summed E-state index contributed by atoms with van der Waals surface area (Å²) in [6, 6.07) is 1.71. The Labute approximate surface area is 113 Å². The van der Waals surface area contributed by atoms with Gasteiger partial charge in [-0.3, -0.25) is 9.78 Å². The number of aliphatic hydroxyl groups is 1. The first-order valence-corrected chi connectivity index (χ1v) is 6.42. The van der Waals surface area contributed by atoms with Crippen LogP contribution in [0.25, 0.3) is 0 Å². The van der Waals surface area contributed by atoms with E-state index in [-0.39, 0.29) is 12.5 Å². The molecule has 0 radical (unpaired) electrons. The zero-order chi connectivity index (χ0) is 13.8. The molecular formula is C15H18N2O2. The highest BCUT2D eigenvalue weighted by atomic mass is 16.2. The second kappa shape index (κ2) is 5.85. The van der Waals surface area contributed by atoms with E-state index in [1.165, 1.54) is 6.42 Å². The minimum Gasteiger partial charge on any atom is -0.384 e. The van der Waals surface area contributed by atoms with Gasteiger partial charge in [0.05, 0.1) is 5.56 Å². The maximum atomic E-state index is 12.2. The number of amides is 1. The maximum Gasteiger partial charge on any atom is 0.255 e. The van der Waals surface area contributed by atoms with Gasteiger partial charge in [0, 0.05) is 31.5 Å². The number of nitrogens with zero attached hydrogens (tertiary/aromatic N) is 2. The average Bonchev–Trinajstić information content (AvgIpc) is 3.11. The van der Waals surface area contributed by atoms with Crippen molar-refractivity contribution >= 4 is 5.91 Å². The van der Waals surface area contributed by atoms with E-state index in [0.29, 0.717) is 17.0 Å². The van der Waals surface area contributed by atoms with Crippen LogP contribution in [0.15, 0.2) is 18.5 Å². The highest BCUT2D eigenvalue weighted by Gasteiger charge is 2.34. The molecule has 0 aromatic carbocycles. The van der Waals surface area contributed by atoms with Gasteiger partial charge in [-0.05, 0) is 24.3 Å². The molecule has 2 unspecified atom stereocenters. The Kier molecular flexibility index (Phi) is 4.18. The Balaban J connectivity index is 2.05. The Bertz CT molecular complexity index is 530. The number of carbonyl (C=O) groups is 1. The molecule has 0 saturated heterocycles. The van der Waals surface area contributed by atoms with E-state index < -0.39 is 0 Å². The monoisotopic (exact) mass is 258 g/mol. The van der Waals surface area contributed by atoms with Gasteiger partial charge in [-0.15, -0.1) is 0 Å². The van der Waals surface area contributed by atoms with Crippen molar-refractivity contribution in [2.24, 2.45) is 11.8 Å². The van der Waals surface area contributed by atoms with Gasteiger partial charge in [-0.1, -0.05) is 18.8 Å². The molecule has 0 aliphatic heterocycles. The molecule has 1 amide bonds. The van der Waals surface area contributed by atoms with Crippen LogP contribution < -0.4 is 0 Å². The molecule has 1 aliphatic rings. The number of pyridine rings is 1. The van der Waals surface area contributed by atoms with Crippen molar-refractivity contribution in [3.8, 4) is 11.8 Å². The van der Waals surface area contributed by atoms with Crippen molar-refractivity contribution in [1.82, 2.24) is 9.88 Å². The molecule has 1 aromatic rings. The Morgan fingerprint density at radius 2 is 2.32 bits per heavy atom. The Morgan fingerprint density at radius 3 is 2.95 bits per heavy atom. The van der Waals surface area contributed by atoms with Gasteiger partial charge in [-0.25, -0.2) is 0 Å². The highest BCUT2D eigenvalue weighted by molar-refractivity contribution is 5.94. The zero-order valence-electron chi connectivity index (χ0n) is 11.3. The number of hydrogen-bond acceptors (Lipinski definition) is 3. The second-order valence-electron chi connectivity index (χ2n) is 5.08. The second-order valence-corrected chi connectivity index (χ2v) is 5.08. The summed E-state index contributed by atoms with van der Waals surface area (Å²) in [6.45, 7) is 2.81. The predicted octanol–water partition coefficient (Wildman–Crippen LogP) is 1.15. The summed E-state index contributed by atoms with van der Waals surface area (Å²) in [5, 5.41) is 8.66. The van der Waals surface area contributed by atoms with Gasteiger partial charge in [0.1, 0.15) is 6.61 Å². The summed E-state index contributed by atoms with van der Waals surface area (Å²) in [5.41, 5.74) is 1.19. The minimum atomic E-state index is -0.197. The first kappa shape index (κ1) is 13.6. The molecule has 4 heteroatoms. The van der Waals surface area contributed by atoms with Crippen LogP contribution in [0.1, 0.15) is 29.3 Å². The summed E-state index contributed by atoms with van der Waals surface area (Å²) in [4.78, 5) is 18.0. The molecule has 19 heavy (non-hydrogen) atoms. The summed E-state index contributed by atoms with van der Waals surface area (Å²) < 4.78 is 0. The molecule has 0 bridgehead atoms. The van der Waals surface area contributed by atoms with Crippen LogP contribution >= 0.6 is 0 Å². The third kappa shape index (κ3) is 3.55. The SMILES string of the molecule is CC1CC1CN(C)C(=O)c1cncc(C#CCO)c1. The van der Waals surface area contributed by atoms with Crippen molar-refractivity contribution in [2.75, 3.05) is 20.2 Å². The lowest BCUT2D eigenvalue weighted by molar-refractivity contribution is 0.0786. The van der Waals surface area contributed by atoms with Gasteiger partial charge in [0.2, 0.25) is 0 Å². The molecule has 1 aliphatic carbocycles. The zero-order valence-corrected chi connectivity index (χ0v) is 11.3. The highest BCUT2D eigenvalue weighted by Crippen LogP contribution is 2.38. The van der Waals surface area contributed by atoms with E-state index in [4.69, 9.17) is 5.11 Å². The molecular weight excluding hydrogens is 240 g/mol. The van der Waals surface area contributed by atoms with E-state index in [2.05, 4.69) is 23.7 Å². The van der Waals surface area contributed by atoms with Gasteiger partial charge in [0.15, 0.2) is 0 Å². The Morgan fingerprint density at radius 1 is 1.58 bits per heavy atom. The summed E-state index contributed by atoms with van der Waals surface area (Å²) >= 11 is 0. The first-order chi connectivity index (χ1) is 9.11. The topological polar surface area (TPSA) is 53.4 Å². The fraction of sp³-hybridized carbons (Fsp3) is 0.467. The lowest BCUT2D eigenvalue weighted by atomic mass is 10.2. The molecule has 1 heterocycles. The van der Waals surface area contributed by atoms with Crippen molar-refractivity contribution in [3.63, 3.8) is 0 Å². The molecule has 100 valence electrons. The molecule has 2 atom stereocenters. The van der Waals surface area contributed by atoms with Crippen LogP contribution in [0.4, 0.5) is 0 Å². The minimum absolute atomic E-state index is 0.0285. The Hall–Kier alpha value is -1.86. The summed E-state index contributed by atoms with van der Waals surface area (Å²) in [6.07, 6.45) is 4.35. The molecule has 1 fully saturated rings. The van der Waals surface area contributed by atoms with Crippen LogP contribution in [-0.4, -0.2) is 41.1 Å². The number of carbonyl (C=O) groups excluding carboxylic acids is 1. The fourth-order valence-corrected chi connectivity index (χ4v) is 2.08. The average molecular weight is 258 g/mol. The first-order valence-electron chi connectivity index (χ1n) is 6.42. The normalized spacial score (nSPS) is 20.4. The fourth-order valence-electron chi connectivity index (χ4n) is 2.08. The quantitative estimate of drug-likeness (QED) is 0.828. The molecule has 1 aromatic heterocycles. The van der Waals surface area contributed by atoms with E-state index in [9.17, 15) is 4.79 Å². The molecule has 2 rings (SSSR count). The summed E-state index contributed by atoms with van der Waals surface area (Å²) in [5.74, 6) is 6.65. The third-order valence-corrected chi connectivity index (χ3v) is 3.43. The number of aromatic nitrogens is 1. The molecule has 0 spiro atoms. The summed E-state index contributed by atoms with van der Waals surface area (Å²) in [7, 11) is 1.82. The smallest absolute Gasteiger partial charge is 0.255 e. The largest absolute Gasteiger partial charge is 0.384 e. The molecule has 1 saturated carbocycles. The van der Waals surface area contributed by atoms with Crippen LogP contribution in [0, 0.1) is 23.7 Å².